The predicted molar refractivity (Wildman–Crippen MR) is 103 cm³/mol. The third-order valence-electron chi connectivity index (χ3n) is 5.27. The molecular weight excluding hydrogens is 343 g/mol. The molecule has 0 saturated carbocycles. The van der Waals surface area contributed by atoms with Crippen molar-refractivity contribution in [2.45, 2.75) is 25.8 Å². The molecule has 1 fully saturated rings. The summed E-state index contributed by atoms with van der Waals surface area (Å²) in [6, 6.07) is 13.9. The second-order valence-corrected chi connectivity index (χ2v) is 7.13. The third-order valence-corrected chi connectivity index (χ3v) is 5.27. The summed E-state index contributed by atoms with van der Waals surface area (Å²) in [4.78, 5) is 29.1. The maximum absolute atomic E-state index is 13.2. The number of hydrogen-bond donors (Lipinski definition) is 0. The number of nitrogens with zero attached hydrogens (tertiary/aromatic N) is 2. The number of likely N-dealkylation sites (N-methyl/N-ethyl adjacent to an activating group) is 1. The van der Waals surface area contributed by atoms with Gasteiger partial charge in [-0.05, 0) is 37.2 Å². The number of benzene rings is 2. The molecule has 142 valence electrons. The number of carbonyl (C=O) groups excluding carboxylic acids is 2. The van der Waals surface area contributed by atoms with E-state index in [9.17, 15) is 14.0 Å². The van der Waals surface area contributed by atoms with Crippen molar-refractivity contribution in [1.29, 1.82) is 0 Å². The van der Waals surface area contributed by atoms with E-state index in [1.54, 1.807) is 12.1 Å². The summed E-state index contributed by atoms with van der Waals surface area (Å²) in [6.07, 6.45) is 0.435. The molecule has 0 radical (unpaired) electrons. The number of hydrogen-bond acceptors (Lipinski definition) is 3. The number of halogens is 1. The van der Waals surface area contributed by atoms with Gasteiger partial charge in [0.1, 0.15) is 5.82 Å². The minimum absolute atomic E-state index is 0.00264. The smallest absolute Gasteiger partial charge is 0.223 e. The van der Waals surface area contributed by atoms with Gasteiger partial charge in [-0.25, -0.2) is 4.39 Å². The van der Waals surface area contributed by atoms with Crippen LogP contribution in [-0.2, 0) is 4.79 Å². The molecule has 2 aromatic rings. The summed E-state index contributed by atoms with van der Waals surface area (Å²) in [5, 5.41) is 0. The number of aryl methyl sites for hydroxylation is 1. The lowest BCUT2D eigenvalue weighted by molar-refractivity contribution is -0.134. The second-order valence-electron chi connectivity index (χ2n) is 7.13. The van der Waals surface area contributed by atoms with Crippen LogP contribution in [0.15, 0.2) is 48.5 Å². The molecule has 0 spiro atoms. The Morgan fingerprint density at radius 3 is 2.44 bits per heavy atom. The average Bonchev–Trinajstić information content (AvgIpc) is 2.67. The number of rotatable bonds is 5. The standard InChI is InChI=1S/C22H25FN2O2/c1-16-5-3-4-6-19(16)21(26)11-12-22(27)25-14-13-24(2)20(15-25)17-7-9-18(23)10-8-17/h3-10,20H,11-15H2,1-2H3. The summed E-state index contributed by atoms with van der Waals surface area (Å²) in [5.74, 6) is -0.261. The molecule has 1 unspecified atom stereocenters. The predicted octanol–water partition coefficient (Wildman–Crippen LogP) is 3.61. The van der Waals surface area contributed by atoms with Crippen molar-refractivity contribution in [2.75, 3.05) is 26.7 Å². The lowest BCUT2D eigenvalue weighted by Crippen LogP contribution is -2.49. The van der Waals surface area contributed by atoms with Crippen molar-refractivity contribution in [1.82, 2.24) is 9.80 Å². The SMILES string of the molecule is Cc1ccccc1C(=O)CCC(=O)N1CCN(C)C(c2ccc(F)cc2)C1. The van der Waals surface area contributed by atoms with Crippen LogP contribution in [0.5, 0.6) is 0 Å². The van der Waals surface area contributed by atoms with Crippen LogP contribution in [0.2, 0.25) is 0 Å². The first-order valence-electron chi connectivity index (χ1n) is 9.28. The van der Waals surface area contributed by atoms with Crippen molar-refractivity contribution in [3.05, 3.63) is 71.0 Å². The molecule has 1 aliphatic heterocycles. The fraction of sp³-hybridized carbons (Fsp3) is 0.364. The number of Topliss-reactive ketones (excluding diaryl/α,β-unsaturated/α-hetero) is 1. The van der Waals surface area contributed by atoms with E-state index in [4.69, 9.17) is 0 Å². The highest BCUT2D eigenvalue weighted by Crippen LogP contribution is 2.25. The monoisotopic (exact) mass is 368 g/mol. The maximum Gasteiger partial charge on any atom is 0.223 e. The first-order valence-corrected chi connectivity index (χ1v) is 9.28. The fourth-order valence-electron chi connectivity index (χ4n) is 3.54. The summed E-state index contributed by atoms with van der Waals surface area (Å²) in [7, 11) is 2.01. The molecule has 27 heavy (non-hydrogen) atoms. The summed E-state index contributed by atoms with van der Waals surface area (Å²) >= 11 is 0. The van der Waals surface area contributed by atoms with Crippen LogP contribution in [-0.4, -0.2) is 48.2 Å². The van der Waals surface area contributed by atoms with Crippen LogP contribution in [0, 0.1) is 12.7 Å². The Hall–Kier alpha value is -2.53. The Morgan fingerprint density at radius 1 is 1.04 bits per heavy atom. The molecule has 4 nitrogen and oxygen atoms in total. The fourth-order valence-corrected chi connectivity index (χ4v) is 3.54. The topological polar surface area (TPSA) is 40.6 Å². The zero-order valence-electron chi connectivity index (χ0n) is 15.8. The quantitative estimate of drug-likeness (QED) is 0.757. The summed E-state index contributed by atoms with van der Waals surface area (Å²) < 4.78 is 13.2. The van der Waals surface area contributed by atoms with Crippen molar-refractivity contribution < 1.29 is 14.0 Å². The van der Waals surface area contributed by atoms with E-state index in [1.165, 1.54) is 12.1 Å². The zero-order chi connectivity index (χ0) is 19.4. The van der Waals surface area contributed by atoms with E-state index >= 15 is 0 Å². The zero-order valence-corrected chi connectivity index (χ0v) is 15.8. The van der Waals surface area contributed by atoms with Crippen molar-refractivity contribution >= 4 is 11.7 Å². The largest absolute Gasteiger partial charge is 0.339 e. The second kappa shape index (κ2) is 8.44. The van der Waals surface area contributed by atoms with Gasteiger partial charge in [0.25, 0.3) is 0 Å². The van der Waals surface area contributed by atoms with Gasteiger partial charge in [-0.1, -0.05) is 36.4 Å². The van der Waals surface area contributed by atoms with Gasteiger partial charge >= 0.3 is 0 Å². The van der Waals surface area contributed by atoms with Crippen LogP contribution < -0.4 is 0 Å². The molecule has 5 heteroatoms. The molecule has 3 rings (SSSR count). The summed E-state index contributed by atoms with van der Waals surface area (Å²) in [6.45, 7) is 3.85. The Labute approximate surface area is 159 Å². The van der Waals surface area contributed by atoms with Gasteiger partial charge in [-0.15, -0.1) is 0 Å². The van der Waals surface area contributed by atoms with Gasteiger partial charge in [0.05, 0.1) is 6.04 Å². The molecule has 1 atom stereocenters. The van der Waals surface area contributed by atoms with E-state index < -0.39 is 0 Å². The van der Waals surface area contributed by atoms with Crippen LogP contribution in [0.4, 0.5) is 4.39 Å². The van der Waals surface area contributed by atoms with Gasteiger partial charge in [0, 0.05) is 38.0 Å². The molecule has 0 bridgehead atoms. The number of ketones is 1. The minimum atomic E-state index is -0.264. The van der Waals surface area contributed by atoms with Crippen molar-refractivity contribution in [2.24, 2.45) is 0 Å². The molecular formula is C22H25FN2O2. The van der Waals surface area contributed by atoms with E-state index in [0.717, 1.165) is 17.7 Å². The van der Waals surface area contributed by atoms with E-state index in [-0.39, 0.29) is 36.4 Å². The van der Waals surface area contributed by atoms with Gasteiger partial charge in [-0.3, -0.25) is 14.5 Å². The first kappa shape index (κ1) is 19.2. The molecule has 1 amide bonds. The molecule has 1 aliphatic rings. The molecule has 2 aromatic carbocycles. The lowest BCUT2D eigenvalue weighted by Gasteiger charge is -2.39. The summed E-state index contributed by atoms with van der Waals surface area (Å²) in [5.41, 5.74) is 2.62. The van der Waals surface area contributed by atoms with E-state index in [2.05, 4.69) is 4.90 Å². The third kappa shape index (κ3) is 4.61. The Morgan fingerprint density at radius 2 is 1.74 bits per heavy atom. The number of piperazine rings is 1. The van der Waals surface area contributed by atoms with E-state index in [1.807, 2.05) is 43.1 Å². The normalized spacial score (nSPS) is 17.7. The minimum Gasteiger partial charge on any atom is -0.339 e. The van der Waals surface area contributed by atoms with Gasteiger partial charge in [0.15, 0.2) is 5.78 Å². The molecule has 1 heterocycles. The van der Waals surface area contributed by atoms with Gasteiger partial charge in [0.2, 0.25) is 5.91 Å². The Bertz CT molecular complexity index is 819. The van der Waals surface area contributed by atoms with Gasteiger partial charge < -0.3 is 4.90 Å². The molecule has 0 aromatic heterocycles. The number of amides is 1. The molecule has 1 saturated heterocycles. The van der Waals surface area contributed by atoms with Crippen molar-refractivity contribution in [3.63, 3.8) is 0 Å². The molecule has 0 N–H and O–H groups in total. The highest BCUT2D eigenvalue weighted by Gasteiger charge is 2.28. The highest BCUT2D eigenvalue weighted by atomic mass is 19.1. The van der Waals surface area contributed by atoms with Gasteiger partial charge in [-0.2, -0.15) is 0 Å². The number of carbonyl (C=O) groups is 2. The van der Waals surface area contributed by atoms with Crippen LogP contribution >= 0.6 is 0 Å². The Balaban J connectivity index is 1.60. The Kier molecular flexibility index (Phi) is 6.01. The maximum atomic E-state index is 13.2. The average molecular weight is 368 g/mol. The van der Waals surface area contributed by atoms with E-state index in [0.29, 0.717) is 18.7 Å². The van der Waals surface area contributed by atoms with Crippen LogP contribution in [0.25, 0.3) is 0 Å². The van der Waals surface area contributed by atoms with Crippen LogP contribution in [0.3, 0.4) is 0 Å². The molecule has 0 aliphatic carbocycles. The lowest BCUT2D eigenvalue weighted by atomic mass is 10.0. The highest BCUT2D eigenvalue weighted by molar-refractivity contribution is 5.99. The van der Waals surface area contributed by atoms with Crippen LogP contribution in [0.1, 0.15) is 40.4 Å². The first-order chi connectivity index (χ1) is 13.0. The van der Waals surface area contributed by atoms with Crippen molar-refractivity contribution in [3.8, 4) is 0 Å².